The summed E-state index contributed by atoms with van der Waals surface area (Å²) in [6, 6.07) is 11.3. The van der Waals surface area contributed by atoms with E-state index in [-0.39, 0.29) is 47.7 Å². The first-order chi connectivity index (χ1) is 19.1. The molecule has 2 bridgehead atoms. The number of likely N-dealkylation sites (tertiary alicyclic amines) is 1. The summed E-state index contributed by atoms with van der Waals surface area (Å²) in [6.07, 6.45) is -2.49. The number of piperidine rings is 1. The van der Waals surface area contributed by atoms with Crippen LogP contribution >= 0.6 is 12.4 Å². The lowest BCUT2D eigenvalue weighted by atomic mass is 9.50. The van der Waals surface area contributed by atoms with Gasteiger partial charge >= 0.3 is 17.9 Å². The van der Waals surface area contributed by atoms with Crippen molar-refractivity contribution in [1.29, 1.82) is 0 Å². The highest BCUT2D eigenvalue weighted by molar-refractivity contribution is 5.85. The fraction of sp³-hybridized carbons (Fsp3) is 0.414. The molecule has 0 aromatic heterocycles. The number of nitrogens with zero attached hydrogens (tertiary/aromatic N) is 1. The molecular formula is C29H30ClNO10. The number of rotatable bonds is 7. The molecule has 2 heterocycles. The van der Waals surface area contributed by atoms with Crippen molar-refractivity contribution >= 4 is 30.3 Å². The number of halogens is 1. The molecule has 6 atom stereocenters. The van der Waals surface area contributed by atoms with Crippen LogP contribution in [0.2, 0.25) is 0 Å². The number of ether oxygens (including phenoxy) is 3. The normalized spacial score (nSPS) is 28.6. The van der Waals surface area contributed by atoms with E-state index in [0.717, 1.165) is 11.1 Å². The van der Waals surface area contributed by atoms with Crippen LogP contribution in [0.3, 0.4) is 0 Å². The number of carbonyl (C=O) groups is 3. The number of likely N-dealkylation sites (N-methyl/N-ethyl adjacent to an activating group) is 1. The standard InChI is InChI=1S/C29H29NO10.ClH/c1-30-12-11-28-22-16-7-8-17(31)24(22)40-25(28)19(9-10-29(28,37)20(30)13-16)38-27(36)23(15-5-3-2-4-6-15)39-21(33)14-18(32)26(34)35;/h2-9,18,20,23,25,31-32,37H,10-14H2,1H3,(H,34,35);1H/t18-,20-,23-,25-,28-,29+;/m0./s1. The number of esters is 2. The number of phenols is 1. The third-order valence-corrected chi connectivity index (χ3v) is 8.78. The summed E-state index contributed by atoms with van der Waals surface area (Å²) < 4.78 is 17.5. The van der Waals surface area contributed by atoms with E-state index in [1.54, 1.807) is 42.5 Å². The molecule has 1 spiro atoms. The highest BCUT2D eigenvalue weighted by Crippen LogP contribution is 2.65. The van der Waals surface area contributed by atoms with Crippen LogP contribution < -0.4 is 4.74 Å². The van der Waals surface area contributed by atoms with E-state index >= 15 is 0 Å². The molecule has 0 radical (unpaired) electrons. The number of benzene rings is 2. The van der Waals surface area contributed by atoms with Crippen molar-refractivity contribution in [1.82, 2.24) is 4.90 Å². The fourth-order valence-corrected chi connectivity index (χ4v) is 6.91. The minimum atomic E-state index is -1.99. The number of aliphatic carboxylic acids is 1. The molecule has 41 heavy (non-hydrogen) atoms. The molecule has 12 heteroatoms. The summed E-state index contributed by atoms with van der Waals surface area (Å²) in [4.78, 5) is 39.1. The Balaban J connectivity index is 0.00000337. The number of carbonyl (C=O) groups excluding carboxylic acids is 2. The zero-order chi connectivity index (χ0) is 28.4. The number of carboxylic acid groups (broad SMARTS) is 1. The van der Waals surface area contributed by atoms with Gasteiger partial charge in [0.25, 0.3) is 0 Å². The van der Waals surface area contributed by atoms with E-state index in [9.17, 15) is 29.7 Å². The molecule has 2 aromatic rings. The second-order valence-electron chi connectivity index (χ2n) is 10.9. The van der Waals surface area contributed by atoms with Gasteiger partial charge in [0.2, 0.25) is 6.10 Å². The minimum absolute atomic E-state index is 0. The number of aromatic hydroxyl groups is 1. The summed E-state index contributed by atoms with van der Waals surface area (Å²) in [6.45, 7) is 0.652. The van der Waals surface area contributed by atoms with Gasteiger partial charge in [0.1, 0.15) is 5.76 Å². The van der Waals surface area contributed by atoms with Gasteiger partial charge in [-0.25, -0.2) is 9.59 Å². The number of aliphatic hydroxyl groups excluding tert-OH is 1. The molecule has 4 aliphatic rings. The van der Waals surface area contributed by atoms with Crippen LogP contribution in [0, 0.1) is 0 Å². The van der Waals surface area contributed by atoms with E-state index in [0.29, 0.717) is 19.4 Å². The monoisotopic (exact) mass is 587 g/mol. The third-order valence-electron chi connectivity index (χ3n) is 8.78. The van der Waals surface area contributed by atoms with Gasteiger partial charge in [0.05, 0.1) is 17.4 Å². The Hall–Kier alpha value is -3.64. The summed E-state index contributed by atoms with van der Waals surface area (Å²) in [5, 5.41) is 41.4. The molecule has 0 amide bonds. The summed E-state index contributed by atoms with van der Waals surface area (Å²) >= 11 is 0. The molecule has 0 saturated carbocycles. The van der Waals surface area contributed by atoms with E-state index in [2.05, 4.69) is 4.90 Å². The van der Waals surface area contributed by atoms with E-state index in [1.165, 1.54) is 0 Å². The average molecular weight is 588 g/mol. The van der Waals surface area contributed by atoms with Gasteiger partial charge in [-0.3, -0.25) is 4.79 Å². The predicted octanol–water partition coefficient (Wildman–Crippen LogP) is 1.75. The zero-order valence-corrected chi connectivity index (χ0v) is 22.9. The maximum atomic E-state index is 13.6. The number of hydrogen-bond donors (Lipinski definition) is 4. The Morgan fingerprint density at radius 3 is 2.61 bits per heavy atom. The predicted molar refractivity (Wildman–Crippen MR) is 143 cm³/mol. The molecule has 1 saturated heterocycles. The van der Waals surface area contributed by atoms with Crippen molar-refractivity contribution in [3.8, 4) is 11.5 Å². The Morgan fingerprint density at radius 2 is 1.90 bits per heavy atom. The Bertz CT molecular complexity index is 1430. The van der Waals surface area contributed by atoms with Crippen LogP contribution in [0.1, 0.15) is 42.1 Å². The number of phenolic OH excluding ortho intramolecular Hbond substituents is 1. The van der Waals surface area contributed by atoms with Gasteiger partial charge in [0, 0.05) is 23.6 Å². The van der Waals surface area contributed by atoms with Crippen LogP contribution in [0.25, 0.3) is 0 Å². The van der Waals surface area contributed by atoms with Crippen molar-refractivity contribution in [3.63, 3.8) is 0 Å². The lowest BCUT2D eigenvalue weighted by Gasteiger charge is -2.61. The van der Waals surface area contributed by atoms with Gasteiger partial charge in [-0.2, -0.15) is 0 Å². The van der Waals surface area contributed by atoms with Gasteiger partial charge in [-0.05, 0) is 44.1 Å². The molecule has 1 fully saturated rings. The maximum Gasteiger partial charge on any atom is 0.357 e. The summed E-state index contributed by atoms with van der Waals surface area (Å²) in [5.74, 6) is -3.33. The lowest BCUT2D eigenvalue weighted by molar-refractivity contribution is -0.177. The topological polar surface area (TPSA) is 163 Å². The van der Waals surface area contributed by atoms with E-state index < -0.39 is 53.7 Å². The van der Waals surface area contributed by atoms with Crippen molar-refractivity contribution in [2.24, 2.45) is 0 Å². The van der Waals surface area contributed by atoms with E-state index in [4.69, 9.17) is 19.3 Å². The summed E-state index contributed by atoms with van der Waals surface area (Å²) in [5.41, 5.74) is -0.243. The molecule has 2 aromatic carbocycles. The van der Waals surface area contributed by atoms with Gasteiger partial charge in [-0.1, -0.05) is 36.4 Å². The first-order valence-corrected chi connectivity index (χ1v) is 13.1. The van der Waals surface area contributed by atoms with Crippen molar-refractivity contribution in [3.05, 3.63) is 71.0 Å². The van der Waals surface area contributed by atoms with Crippen LogP contribution in [0.5, 0.6) is 11.5 Å². The zero-order valence-electron chi connectivity index (χ0n) is 22.1. The van der Waals surface area contributed by atoms with Crippen molar-refractivity contribution in [2.75, 3.05) is 13.6 Å². The fourth-order valence-electron chi connectivity index (χ4n) is 6.91. The first-order valence-electron chi connectivity index (χ1n) is 13.1. The van der Waals surface area contributed by atoms with Crippen molar-refractivity contribution in [2.45, 2.75) is 61.1 Å². The van der Waals surface area contributed by atoms with Crippen LogP contribution in [0.15, 0.2) is 54.3 Å². The third kappa shape index (κ3) is 4.26. The quantitative estimate of drug-likeness (QED) is 0.349. The molecule has 218 valence electrons. The molecule has 6 rings (SSSR count). The highest BCUT2D eigenvalue weighted by Gasteiger charge is 2.72. The molecule has 2 aliphatic heterocycles. The van der Waals surface area contributed by atoms with Gasteiger partial charge in [0.15, 0.2) is 23.7 Å². The van der Waals surface area contributed by atoms with Crippen molar-refractivity contribution < 1.29 is 49.0 Å². The number of carboxylic acids is 1. The molecule has 2 aliphatic carbocycles. The molecule has 11 nitrogen and oxygen atoms in total. The van der Waals surface area contributed by atoms with Crippen LogP contribution in [-0.2, 0) is 35.7 Å². The molecular weight excluding hydrogens is 558 g/mol. The largest absolute Gasteiger partial charge is 0.504 e. The van der Waals surface area contributed by atoms with Crippen LogP contribution in [0.4, 0.5) is 0 Å². The van der Waals surface area contributed by atoms with Crippen LogP contribution in [-0.4, -0.2) is 80.7 Å². The second kappa shape index (κ2) is 10.3. The molecule has 0 unspecified atom stereocenters. The first kappa shape index (κ1) is 28.9. The maximum absolute atomic E-state index is 13.6. The summed E-state index contributed by atoms with van der Waals surface area (Å²) in [7, 11) is 1.96. The smallest absolute Gasteiger partial charge is 0.357 e. The SMILES string of the molecule is CN1CC[C@]23c4c5ccc(O)c4O[C@H]2C(OC(=O)[C@@H](OC(=O)C[C@H](O)C(=O)O)c2ccccc2)=CC[C@@]3(O)[C@@H]1C5.Cl. The van der Waals surface area contributed by atoms with Gasteiger partial charge < -0.3 is 39.5 Å². The number of aliphatic hydroxyl groups is 2. The Kier molecular flexibility index (Phi) is 7.27. The number of hydrogen-bond acceptors (Lipinski definition) is 10. The highest BCUT2D eigenvalue weighted by atomic mass is 35.5. The Labute approximate surface area is 241 Å². The van der Waals surface area contributed by atoms with Gasteiger partial charge in [-0.15, -0.1) is 12.4 Å². The second-order valence-corrected chi connectivity index (χ2v) is 10.9. The minimum Gasteiger partial charge on any atom is -0.504 e. The lowest BCUT2D eigenvalue weighted by Crippen LogP contribution is -2.74. The average Bonchev–Trinajstić information content (AvgIpc) is 3.29. The Morgan fingerprint density at radius 1 is 1.17 bits per heavy atom. The van der Waals surface area contributed by atoms with E-state index in [1.807, 2.05) is 13.1 Å². The molecule has 4 N–H and O–H groups in total.